The number of rotatable bonds is 7. The number of hydrogen-bond donors (Lipinski definition) is 0. The lowest BCUT2D eigenvalue weighted by atomic mass is 10.0. The second-order valence-electron chi connectivity index (χ2n) is 18.4. The summed E-state index contributed by atoms with van der Waals surface area (Å²) in [7, 11) is 0. The van der Waals surface area contributed by atoms with Crippen LogP contribution in [0.4, 0.5) is 0 Å². The zero-order valence-corrected chi connectivity index (χ0v) is 38.8. The summed E-state index contributed by atoms with van der Waals surface area (Å²) in [5.41, 5.74) is 11.7. The molecule has 0 radical (unpaired) electrons. The van der Waals surface area contributed by atoms with E-state index in [4.69, 9.17) is 15.0 Å². The van der Waals surface area contributed by atoms with Gasteiger partial charge in [-0.1, -0.05) is 164 Å². The van der Waals surface area contributed by atoms with E-state index in [1.807, 2.05) is 130 Å². The van der Waals surface area contributed by atoms with Gasteiger partial charge in [0.1, 0.15) is 11.0 Å². The van der Waals surface area contributed by atoms with Crippen LogP contribution in [0.25, 0.3) is 128 Å². The van der Waals surface area contributed by atoms with Crippen molar-refractivity contribution in [2.75, 3.05) is 0 Å². The summed E-state index contributed by atoms with van der Waals surface area (Å²) >= 11 is 0. The molecule has 0 aliphatic carbocycles. The van der Waals surface area contributed by atoms with Gasteiger partial charge >= 0.3 is 0 Å². The van der Waals surface area contributed by atoms with Gasteiger partial charge in [-0.05, 0) is 89.0 Å². The standard InChI is InChI=1S/C63H38N8O2/c72-61-55-49-37-44(43-31-33-52-48(36-43)47-28-16-17-29-51(47)67(52)45-24-12-4-13-25-45)32-34-53(49)68(46-26-14-5-15-27-46)60(55)70-56-50-38-42(39-18-6-1-7-19-39)30-35-54(50)69(57(56)62(73)71(61)70)63-65-58(40-20-8-2-9-21-40)64-59(66-63)41-22-10-3-11-23-41/h1-38H. The predicted molar refractivity (Wildman–Crippen MR) is 293 cm³/mol. The van der Waals surface area contributed by atoms with Gasteiger partial charge < -0.3 is 4.57 Å². The van der Waals surface area contributed by atoms with E-state index in [1.165, 1.54) is 4.52 Å². The molecule has 0 saturated carbocycles. The number of benzene rings is 9. The molecule has 342 valence electrons. The molecule has 0 aliphatic heterocycles. The number of aromatic nitrogens is 8. The molecule has 0 atom stereocenters. The Morgan fingerprint density at radius 2 is 0.753 bits per heavy atom. The van der Waals surface area contributed by atoms with Crippen LogP contribution in [-0.4, -0.2) is 37.7 Å². The maximum Gasteiger partial charge on any atom is 0.299 e. The third kappa shape index (κ3) is 6.01. The Kier molecular flexibility index (Phi) is 8.73. The van der Waals surface area contributed by atoms with Crippen molar-refractivity contribution in [3.05, 3.63) is 251 Å². The fourth-order valence-electron chi connectivity index (χ4n) is 11.1. The first kappa shape index (κ1) is 40.7. The van der Waals surface area contributed by atoms with Gasteiger partial charge in [0.15, 0.2) is 17.3 Å². The van der Waals surface area contributed by atoms with Gasteiger partial charge in [-0.3, -0.25) is 18.7 Å². The van der Waals surface area contributed by atoms with Gasteiger partial charge in [0.2, 0.25) is 5.95 Å². The van der Waals surface area contributed by atoms with Crippen molar-refractivity contribution >= 4 is 65.7 Å². The molecular weight excluding hydrogens is 901 g/mol. The van der Waals surface area contributed by atoms with Crippen molar-refractivity contribution in [2.45, 2.75) is 0 Å². The topological polar surface area (TPSA) is 96.4 Å². The molecule has 9 aromatic carbocycles. The molecule has 0 spiro atoms. The number of para-hydroxylation sites is 3. The van der Waals surface area contributed by atoms with E-state index in [0.717, 1.165) is 82.9 Å². The van der Waals surface area contributed by atoms with E-state index in [2.05, 4.69) is 118 Å². The van der Waals surface area contributed by atoms with E-state index >= 15 is 9.59 Å². The van der Waals surface area contributed by atoms with Gasteiger partial charge in [-0.25, -0.2) is 9.50 Å². The Morgan fingerprint density at radius 3 is 1.36 bits per heavy atom. The summed E-state index contributed by atoms with van der Waals surface area (Å²) in [4.78, 5) is 46.4. The molecule has 0 amide bonds. The van der Waals surface area contributed by atoms with E-state index in [9.17, 15) is 0 Å². The van der Waals surface area contributed by atoms with Crippen molar-refractivity contribution in [1.29, 1.82) is 0 Å². The van der Waals surface area contributed by atoms with Gasteiger partial charge in [-0.15, -0.1) is 0 Å². The molecule has 10 nitrogen and oxygen atoms in total. The first-order valence-corrected chi connectivity index (χ1v) is 24.2. The van der Waals surface area contributed by atoms with Crippen molar-refractivity contribution in [3.8, 4) is 62.4 Å². The minimum atomic E-state index is -0.485. The van der Waals surface area contributed by atoms with E-state index in [0.29, 0.717) is 33.7 Å². The normalized spacial score (nSPS) is 11.9. The summed E-state index contributed by atoms with van der Waals surface area (Å²) in [5.74, 6) is 1.16. The molecule has 0 bridgehead atoms. The second-order valence-corrected chi connectivity index (χ2v) is 18.4. The minimum Gasteiger partial charge on any atom is -0.309 e. The van der Waals surface area contributed by atoms with Gasteiger partial charge in [0.05, 0.1) is 27.5 Å². The predicted octanol–water partition coefficient (Wildman–Crippen LogP) is 13.3. The highest BCUT2D eigenvalue weighted by Crippen LogP contribution is 2.40. The first-order chi connectivity index (χ1) is 36.1. The highest BCUT2D eigenvalue weighted by Gasteiger charge is 2.31. The Hall–Kier alpha value is -10.2. The Balaban J connectivity index is 1.04. The highest BCUT2D eigenvalue weighted by molar-refractivity contribution is 6.15. The van der Waals surface area contributed by atoms with Crippen LogP contribution in [0.3, 0.4) is 0 Å². The van der Waals surface area contributed by atoms with Crippen LogP contribution < -0.4 is 11.1 Å². The molecule has 6 heterocycles. The maximum atomic E-state index is 15.7. The third-order valence-corrected chi connectivity index (χ3v) is 14.3. The molecular formula is C63H38N8O2. The van der Waals surface area contributed by atoms with Gasteiger partial charge in [0, 0.05) is 44.0 Å². The third-order valence-electron chi connectivity index (χ3n) is 14.3. The van der Waals surface area contributed by atoms with E-state index < -0.39 is 11.1 Å². The minimum absolute atomic E-state index is 0.256. The number of nitrogens with zero attached hydrogens (tertiary/aromatic N) is 8. The van der Waals surface area contributed by atoms with Crippen molar-refractivity contribution < 1.29 is 0 Å². The molecule has 0 aliphatic rings. The van der Waals surface area contributed by atoms with Crippen LogP contribution in [0.15, 0.2) is 240 Å². The lowest BCUT2D eigenvalue weighted by Gasteiger charge is -2.10. The summed E-state index contributed by atoms with van der Waals surface area (Å²) in [5, 5.41) is 4.21. The monoisotopic (exact) mass is 938 g/mol. The van der Waals surface area contributed by atoms with E-state index in [-0.39, 0.29) is 11.5 Å². The van der Waals surface area contributed by atoms with Crippen molar-refractivity contribution in [1.82, 2.24) is 37.7 Å². The molecule has 0 unspecified atom stereocenters. The molecule has 0 fully saturated rings. The second kappa shape index (κ2) is 15.7. The quantitative estimate of drug-likeness (QED) is 0.159. The molecule has 73 heavy (non-hydrogen) atoms. The van der Waals surface area contributed by atoms with E-state index in [1.54, 1.807) is 0 Å². The van der Waals surface area contributed by atoms with Crippen LogP contribution in [0.5, 0.6) is 0 Å². The summed E-state index contributed by atoms with van der Waals surface area (Å²) < 4.78 is 9.36. The van der Waals surface area contributed by atoms with Gasteiger partial charge in [-0.2, -0.15) is 14.5 Å². The number of fused-ring (bicyclic) bond motifs is 12. The SMILES string of the molecule is O=c1c2c3cc(-c4ccc5c(c4)c4ccccc4n5-c4ccccc4)ccc3n(-c3ccccc3)c2n2c3c4cc(-c5ccccc5)ccc4n(-c4nc(-c5ccccc5)nc(-c5ccccc5)n4)c3c(=O)n12. The van der Waals surface area contributed by atoms with Gasteiger partial charge in [0.25, 0.3) is 11.1 Å². The Bertz CT molecular complexity index is 4750. The average Bonchev–Trinajstić information content (AvgIpc) is 4.33. The summed E-state index contributed by atoms with van der Waals surface area (Å²) in [6, 6.07) is 77.8. The smallest absolute Gasteiger partial charge is 0.299 e. The van der Waals surface area contributed by atoms with Crippen molar-refractivity contribution in [3.63, 3.8) is 0 Å². The Labute approximate surface area is 415 Å². The van der Waals surface area contributed by atoms with Crippen molar-refractivity contribution in [2.24, 2.45) is 0 Å². The largest absolute Gasteiger partial charge is 0.309 e. The Morgan fingerprint density at radius 1 is 0.301 bits per heavy atom. The zero-order valence-electron chi connectivity index (χ0n) is 38.8. The van der Waals surface area contributed by atoms with Crippen LogP contribution in [-0.2, 0) is 0 Å². The molecule has 6 aromatic heterocycles. The molecule has 10 heteroatoms. The lowest BCUT2D eigenvalue weighted by Crippen LogP contribution is -2.23. The maximum absolute atomic E-state index is 15.7. The van der Waals surface area contributed by atoms with Crippen LogP contribution in [0, 0.1) is 0 Å². The molecule has 15 rings (SSSR count). The molecule has 0 N–H and O–H groups in total. The van der Waals surface area contributed by atoms with Crippen LogP contribution >= 0.6 is 0 Å². The first-order valence-electron chi connectivity index (χ1n) is 24.2. The number of hydrogen-bond acceptors (Lipinski definition) is 5. The van der Waals surface area contributed by atoms with Crippen LogP contribution in [0.1, 0.15) is 0 Å². The zero-order chi connectivity index (χ0) is 48.3. The average molecular weight is 939 g/mol. The summed E-state index contributed by atoms with van der Waals surface area (Å²) in [6.45, 7) is 0. The highest BCUT2D eigenvalue weighted by atomic mass is 16.2. The fraction of sp³-hybridized carbons (Fsp3) is 0. The van der Waals surface area contributed by atoms with Crippen LogP contribution in [0.2, 0.25) is 0 Å². The summed E-state index contributed by atoms with van der Waals surface area (Å²) in [6.07, 6.45) is 0. The fourth-order valence-corrected chi connectivity index (χ4v) is 11.1. The molecule has 0 saturated heterocycles. The lowest BCUT2D eigenvalue weighted by molar-refractivity contribution is 0.825. The molecule has 15 aromatic rings.